The number of hydrogen-bond acceptors (Lipinski definition) is 3. The average molecular weight is 412 g/mol. The van der Waals surface area contributed by atoms with E-state index in [0.29, 0.717) is 36.6 Å². The van der Waals surface area contributed by atoms with E-state index in [-0.39, 0.29) is 18.7 Å². The van der Waals surface area contributed by atoms with Crippen LogP contribution in [-0.2, 0) is 16.0 Å². The van der Waals surface area contributed by atoms with Crippen LogP contribution in [0.4, 0.5) is 0 Å². The highest BCUT2D eigenvalue weighted by Crippen LogP contribution is 2.38. The SMILES string of the molecule is CC1=C[C@@H](CNC(=O)CCCC(=O)O)[C@H](C(C)C)C[C@H]1Cc1nc2ccccc2[nH]1. The number of rotatable bonds is 9. The molecule has 1 aliphatic carbocycles. The molecular formula is C24H33N3O3. The highest BCUT2D eigenvalue weighted by atomic mass is 16.4. The first kappa shape index (κ1) is 22.1. The molecule has 0 saturated heterocycles. The number of aliphatic carboxylic acids is 1. The van der Waals surface area contributed by atoms with E-state index in [4.69, 9.17) is 10.1 Å². The largest absolute Gasteiger partial charge is 0.481 e. The third-order valence-electron chi connectivity index (χ3n) is 6.29. The molecule has 3 rings (SSSR count). The Morgan fingerprint density at radius 2 is 2.03 bits per heavy atom. The summed E-state index contributed by atoms with van der Waals surface area (Å²) in [5.41, 5.74) is 3.44. The van der Waals surface area contributed by atoms with Crippen molar-refractivity contribution >= 4 is 22.9 Å². The van der Waals surface area contributed by atoms with Crippen molar-refractivity contribution in [3.05, 3.63) is 41.7 Å². The highest BCUT2D eigenvalue weighted by Gasteiger charge is 2.32. The normalized spacial score (nSPS) is 21.6. The van der Waals surface area contributed by atoms with Gasteiger partial charge in [-0.2, -0.15) is 0 Å². The van der Waals surface area contributed by atoms with Gasteiger partial charge in [0.25, 0.3) is 0 Å². The Balaban J connectivity index is 1.62. The predicted octanol–water partition coefficient (Wildman–Crippen LogP) is 4.33. The lowest BCUT2D eigenvalue weighted by Crippen LogP contribution is -2.37. The number of nitrogens with zero attached hydrogens (tertiary/aromatic N) is 1. The number of nitrogens with one attached hydrogen (secondary N) is 2. The fourth-order valence-electron chi connectivity index (χ4n) is 4.56. The number of carboxylic acid groups (broad SMARTS) is 1. The van der Waals surface area contributed by atoms with Crippen LogP contribution in [0.1, 0.15) is 52.3 Å². The Hall–Kier alpha value is -2.63. The van der Waals surface area contributed by atoms with Gasteiger partial charge in [-0.3, -0.25) is 9.59 Å². The zero-order chi connectivity index (χ0) is 21.7. The molecule has 1 amide bonds. The second-order valence-electron chi connectivity index (χ2n) is 8.87. The fourth-order valence-corrected chi connectivity index (χ4v) is 4.56. The Morgan fingerprint density at radius 3 is 2.73 bits per heavy atom. The van der Waals surface area contributed by atoms with Gasteiger partial charge in [0.2, 0.25) is 5.91 Å². The summed E-state index contributed by atoms with van der Waals surface area (Å²) in [4.78, 5) is 30.9. The van der Waals surface area contributed by atoms with E-state index in [0.717, 1.165) is 29.7 Å². The zero-order valence-electron chi connectivity index (χ0n) is 18.1. The number of fused-ring (bicyclic) bond motifs is 1. The molecule has 0 radical (unpaired) electrons. The highest BCUT2D eigenvalue weighted by molar-refractivity contribution is 5.76. The number of H-pyrrole nitrogens is 1. The summed E-state index contributed by atoms with van der Waals surface area (Å²) >= 11 is 0. The predicted molar refractivity (Wildman–Crippen MR) is 118 cm³/mol. The Morgan fingerprint density at radius 1 is 1.27 bits per heavy atom. The Bertz CT molecular complexity index is 882. The van der Waals surface area contributed by atoms with Crippen LogP contribution in [0.25, 0.3) is 11.0 Å². The number of amides is 1. The molecule has 0 bridgehead atoms. The second kappa shape index (κ2) is 9.92. The molecule has 6 nitrogen and oxygen atoms in total. The van der Waals surface area contributed by atoms with Crippen molar-refractivity contribution in [3.8, 4) is 0 Å². The first-order valence-electron chi connectivity index (χ1n) is 10.9. The van der Waals surface area contributed by atoms with Crippen LogP contribution in [-0.4, -0.2) is 33.5 Å². The quantitative estimate of drug-likeness (QED) is 0.535. The summed E-state index contributed by atoms with van der Waals surface area (Å²) < 4.78 is 0. The molecule has 162 valence electrons. The maximum absolute atomic E-state index is 12.1. The number of aromatic amines is 1. The van der Waals surface area contributed by atoms with Crippen LogP contribution in [0.15, 0.2) is 35.9 Å². The van der Waals surface area contributed by atoms with Gasteiger partial charge in [0, 0.05) is 25.8 Å². The summed E-state index contributed by atoms with van der Waals surface area (Å²) in [6.07, 6.45) is 4.99. The third-order valence-corrected chi connectivity index (χ3v) is 6.29. The number of aromatic nitrogens is 2. The van der Waals surface area contributed by atoms with Crippen LogP contribution in [0.5, 0.6) is 0 Å². The van der Waals surface area contributed by atoms with E-state index in [1.165, 1.54) is 5.57 Å². The summed E-state index contributed by atoms with van der Waals surface area (Å²) in [7, 11) is 0. The number of imidazole rings is 1. The number of benzene rings is 1. The molecule has 0 unspecified atom stereocenters. The molecule has 2 aromatic rings. The van der Waals surface area contributed by atoms with E-state index < -0.39 is 5.97 Å². The van der Waals surface area contributed by atoms with Crippen molar-refractivity contribution < 1.29 is 14.7 Å². The minimum atomic E-state index is -0.857. The van der Waals surface area contributed by atoms with Gasteiger partial charge in [0.05, 0.1) is 11.0 Å². The molecule has 0 aliphatic heterocycles. The van der Waals surface area contributed by atoms with Crippen molar-refractivity contribution in [3.63, 3.8) is 0 Å². The van der Waals surface area contributed by atoms with E-state index in [2.05, 4.69) is 43.2 Å². The van der Waals surface area contributed by atoms with E-state index in [1.54, 1.807) is 0 Å². The maximum atomic E-state index is 12.1. The zero-order valence-corrected chi connectivity index (χ0v) is 18.1. The van der Waals surface area contributed by atoms with Gasteiger partial charge in [-0.25, -0.2) is 4.98 Å². The molecule has 1 heterocycles. The Kier molecular flexibility index (Phi) is 7.29. The third kappa shape index (κ3) is 5.71. The lowest BCUT2D eigenvalue weighted by molar-refractivity contribution is -0.137. The van der Waals surface area contributed by atoms with E-state index in [9.17, 15) is 9.59 Å². The van der Waals surface area contributed by atoms with Crippen molar-refractivity contribution in [1.29, 1.82) is 0 Å². The van der Waals surface area contributed by atoms with Crippen LogP contribution >= 0.6 is 0 Å². The molecular weight excluding hydrogens is 378 g/mol. The standard InChI is InChI=1S/C24H33N3O3/c1-15(2)19-12-17(13-22-26-20-7-4-5-8-21(20)27-22)16(3)11-18(19)14-25-23(28)9-6-10-24(29)30/h4-5,7-8,11,15,17-19H,6,9-10,12-14H2,1-3H3,(H,25,28)(H,26,27)(H,29,30)/t17-,18-,19-/m0/s1. The van der Waals surface area contributed by atoms with Crippen molar-refractivity contribution in [2.45, 2.75) is 52.9 Å². The lowest BCUT2D eigenvalue weighted by Gasteiger charge is -2.37. The van der Waals surface area contributed by atoms with Crippen molar-refractivity contribution in [2.75, 3.05) is 6.54 Å². The van der Waals surface area contributed by atoms with Crippen LogP contribution in [0.2, 0.25) is 0 Å². The number of carbonyl (C=O) groups is 2. The number of carboxylic acids is 1. The lowest BCUT2D eigenvalue weighted by atomic mass is 9.69. The van der Waals surface area contributed by atoms with Gasteiger partial charge in [0.1, 0.15) is 5.82 Å². The molecule has 0 saturated carbocycles. The first-order valence-corrected chi connectivity index (χ1v) is 10.9. The molecule has 0 fully saturated rings. The average Bonchev–Trinajstić information content (AvgIpc) is 3.10. The Labute approximate surface area is 178 Å². The molecule has 1 aromatic carbocycles. The number of carbonyl (C=O) groups excluding carboxylic acids is 1. The van der Waals surface area contributed by atoms with Gasteiger partial charge in [0.15, 0.2) is 0 Å². The van der Waals surface area contributed by atoms with Gasteiger partial charge < -0.3 is 15.4 Å². The molecule has 0 spiro atoms. The van der Waals surface area contributed by atoms with Crippen molar-refractivity contribution in [2.24, 2.45) is 23.7 Å². The summed E-state index contributed by atoms with van der Waals surface area (Å²) in [6.45, 7) is 7.30. The van der Waals surface area contributed by atoms with Gasteiger partial charge in [-0.15, -0.1) is 0 Å². The maximum Gasteiger partial charge on any atom is 0.303 e. The molecule has 3 atom stereocenters. The van der Waals surface area contributed by atoms with Crippen molar-refractivity contribution in [1.82, 2.24) is 15.3 Å². The van der Waals surface area contributed by atoms with Gasteiger partial charge in [-0.1, -0.05) is 37.6 Å². The minimum Gasteiger partial charge on any atom is -0.481 e. The molecule has 30 heavy (non-hydrogen) atoms. The second-order valence-corrected chi connectivity index (χ2v) is 8.87. The van der Waals surface area contributed by atoms with Gasteiger partial charge in [-0.05, 0) is 55.6 Å². The summed E-state index contributed by atoms with van der Waals surface area (Å²) in [5, 5.41) is 11.7. The number of hydrogen-bond donors (Lipinski definition) is 3. The number of para-hydroxylation sites is 2. The smallest absolute Gasteiger partial charge is 0.303 e. The van der Waals surface area contributed by atoms with Crippen LogP contribution < -0.4 is 5.32 Å². The van der Waals surface area contributed by atoms with Gasteiger partial charge >= 0.3 is 5.97 Å². The molecule has 1 aromatic heterocycles. The first-order chi connectivity index (χ1) is 14.3. The topological polar surface area (TPSA) is 95.1 Å². The summed E-state index contributed by atoms with van der Waals surface area (Å²) in [5.74, 6) is 1.87. The van der Waals surface area contributed by atoms with E-state index >= 15 is 0 Å². The monoisotopic (exact) mass is 411 g/mol. The minimum absolute atomic E-state index is 0.0357. The number of allylic oxidation sites excluding steroid dienone is 1. The fraction of sp³-hybridized carbons (Fsp3) is 0.542. The van der Waals surface area contributed by atoms with Crippen LogP contribution in [0.3, 0.4) is 0 Å². The molecule has 1 aliphatic rings. The van der Waals surface area contributed by atoms with Crippen LogP contribution in [0, 0.1) is 23.7 Å². The summed E-state index contributed by atoms with van der Waals surface area (Å²) in [6, 6.07) is 8.12. The molecule has 6 heteroatoms. The van der Waals surface area contributed by atoms with E-state index in [1.807, 2.05) is 18.2 Å². The molecule has 3 N–H and O–H groups in total.